The Kier molecular flexibility index (Phi) is 5.78. The van der Waals surface area contributed by atoms with E-state index in [1.54, 1.807) is 4.68 Å². The van der Waals surface area contributed by atoms with Crippen LogP contribution in [0.15, 0.2) is 36.7 Å². The van der Waals surface area contributed by atoms with E-state index in [-0.39, 0.29) is 5.92 Å². The molecule has 2 saturated heterocycles. The van der Waals surface area contributed by atoms with Crippen LogP contribution in [0.3, 0.4) is 0 Å². The van der Waals surface area contributed by atoms with Gasteiger partial charge in [0.25, 0.3) is 0 Å². The van der Waals surface area contributed by atoms with Gasteiger partial charge in [-0.3, -0.25) is 14.5 Å². The van der Waals surface area contributed by atoms with E-state index in [2.05, 4.69) is 26.3 Å². The van der Waals surface area contributed by atoms with Crippen molar-refractivity contribution >= 4 is 16.6 Å². The van der Waals surface area contributed by atoms with Crippen LogP contribution in [0.1, 0.15) is 31.4 Å². The first-order valence-corrected chi connectivity index (χ1v) is 11.3. The molecule has 0 aliphatic carbocycles. The molecule has 7 nitrogen and oxygen atoms in total. The number of likely N-dealkylation sites (tertiary alicyclic amines) is 1. The molecule has 3 aromatic rings. The summed E-state index contributed by atoms with van der Waals surface area (Å²) in [6, 6.07) is 8.86. The van der Waals surface area contributed by atoms with Gasteiger partial charge >= 0.3 is 0 Å². The Morgan fingerprint density at radius 3 is 2.65 bits per heavy atom. The van der Waals surface area contributed by atoms with Crippen molar-refractivity contribution in [1.29, 1.82) is 0 Å². The lowest BCUT2D eigenvalue weighted by Crippen LogP contribution is -2.45. The first kappa shape index (κ1) is 20.3. The second-order valence-corrected chi connectivity index (χ2v) is 8.81. The number of ketones is 1. The minimum Gasteiger partial charge on any atom is -0.381 e. The fraction of sp³-hybridized carbons (Fsp3) is 0.500. The topological polar surface area (TPSA) is 73.1 Å². The number of fused-ring (bicyclic) bond motifs is 1. The molecule has 162 valence electrons. The molecule has 2 aliphatic rings. The monoisotopic (exact) mass is 419 g/mol. The molecule has 0 spiro atoms. The third-order valence-electron chi connectivity index (χ3n) is 6.72. The number of aryl methyl sites for hydroxylation is 1. The highest BCUT2D eigenvalue weighted by Crippen LogP contribution is 2.26. The SMILES string of the molecule is Cn1cc(-c2ccc3cnc(CC(=O)C4CCN(C5CCOCC5)CC4)cc3c2)nn1. The van der Waals surface area contributed by atoms with Gasteiger partial charge in [-0.15, -0.1) is 5.10 Å². The number of aromatic nitrogens is 4. The number of hydrogen-bond donors (Lipinski definition) is 0. The average molecular weight is 420 g/mol. The summed E-state index contributed by atoms with van der Waals surface area (Å²) in [5.41, 5.74) is 2.71. The quantitative estimate of drug-likeness (QED) is 0.633. The standard InChI is InChI=1S/C24H29N5O2/c1-28-16-23(26-27-28)18-2-3-19-15-25-21(13-20(19)12-18)14-24(30)17-4-8-29(9-5-17)22-6-10-31-11-7-22/h2-3,12-13,15-17,22H,4-11,14H2,1H3. The smallest absolute Gasteiger partial charge is 0.142 e. The molecule has 4 heterocycles. The maximum absolute atomic E-state index is 13.0. The van der Waals surface area contributed by atoms with Gasteiger partial charge in [-0.1, -0.05) is 17.3 Å². The fourth-order valence-electron chi connectivity index (χ4n) is 4.88. The van der Waals surface area contributed by atoms with Crippen LogP contribution < -0.4 is 0 Å². The van der Waals surface area contributed by atoms with Crippen molar-refractivity contribution in [2.24, 2.45) is 13.0 Å². The van der Waals surface area contributed by atoms with Crippen LogP contribution in [0.2, 0.25) is 0 Å². The third-order valence-corrected chi connectivity index (χ3v) is 6.72. The number of piperidine rings is 1. The number of Topliss-reactive ketones (excluding diaryl/α,β-unsaturated/α-hetero) is 1. The number of rotatable bonds is 5. The molecule has 0 saturated carbocycles. The summed E-state index contributed by atoms with van der Waals surface area (Å²) in [7, 11) is 1.86. The van der Waals surface area contributed by atoms with Crippen molar-refractivity contribution < 1.29 is 9.53 Å². The van der Waals surface area contributed by atoms with E-state index in [1.807, 2.05) is 37.6 Å². The zero-order chi connectivity index (χ0) is 21.2. The number of carbonyl (C=O) groups is 1. The van der Waals surface area contributed by atoms with E-state index < -0.39 is 0 Å². The van der Waals surface area contributed by atoms with E-state index in [4.69, 9.17) is 4.74 Å². The summed E-state index contributed by atoms with van der Waals surface area (Å²) < 4.78 is 7.18. The first-order valence-electron chi connectivity index (χ1n) is 11.3. The van der Waals surface area contributed by atoms with Crippen LogP contribution in [0, 0.1) is 5.92 Å². The lowest BCUT2D eigenvalue weighted by atomic mass is 9.88. The van der Waals surface area contributed by atoms with E-state index in [0.29, 0.717) is 18.2 Å². The van der Waals surface area contributed by atoms with E-state index in [9.17, 15) is 4.79 Å². The van der Waals surface area contributed by atoms with Crippen molar-refractivity contribution in [1.82, 2.24) is 24.9 Å². The average Bonchev–Trinajstić information content (AvgIpc) is 3.25. The fourth-order valence-corrected chi connectivity index (χ4v) is 4.88. The molecule has 31 heavy (non-hydrogen) atoms. The summed E-state index contributed by atoms with van der Waals surface area (Å²) in [6.07, 6.45) is 8.34. The maximum Gasteiger partial charge on any atom is 0.142 e. The minimum absolute atomic E-state index is 0.152. The Balaban J connectivity index is 1.24. The Hall–Kier alpha value is -2.64. The number of pyridine rings is 1. The van der Waals surface area contributed by atoms with Crippen LogP contribution in [0.5, 0.6) is 0 Å². The predicted molar refractivity (Wildman–Crippen MR) is 119 cm³/mol. The second-order valence-electron chi connectivity index (χ2n) is 8.81. The normalized spacial score (nSPS) is 19.1. The highest BCUT2D eigenvalue weighted by Gasteiger charge is 2.29. The van der Waals surface area contributed by atoms with Crippen LogP contribution in [0.4, 0.5) is 0 Å². The van der Waals surface area contributed by atoms with Gasteiger partial charge < -0.3 is 9.64 Å². The minimum atomic E-state index is 0.152. The number of ether oxygens (including phenoxy) is 1. The second kappa shape index (κ2) is 8.85. The van der Waals surface area contributed by atoms with Crippen LogP contribution >= 0.6 is 0 Å². The Bertz CT molecular complexity index is 1060. The number of carbonyl (C=O) groups excluding carboxylic acids is 1. The van der Waals surface area contributed by atoms with Crippen LogP contribution in [-0.2, 0) is 23.0 Å². The molecule has 2 fully saturated rings. The Morgan fingerprint density at radius 1 is 1.10 bits per heavy atom. The Morgan fingerprint density at radius 2 is 1.90 bits per heavy atom. The lowest BCUT2D eigenvalue weighted by molar-refractivity contribution is -0.124. The van der Waals surface area contributed by atoms with E-state index in [0.717, 1.165) is 79.7 Å². The van der Waals surface area contributed by atoms with Crippen LogP contribution in [-0.4, -0.2) is 63.0 Å². The molecule has 2 aromatic heterocycles. The van der Waals surface area contributed by atoms with Gasteiger partial charge in [-0.2, -0.15) is 0 Å². The van der Waals surface area contributed by atoms with Crippen molar-refractivity contribution in [2.75, 3.05) is 26.3 Å². The molecule has 0 atom stereocenters. The number of hydrogen-bond acceptors (Lipinski definition) is 6. The van der Waals surface area contributed by atoms with Crippen molar-refractivity contribution in [3.05, 3.63) is 42.4 Å². The van der Waals surface area contributed by atoms with Gasteiger partial charge in [-0.25, -0.2) is 0 Å². The lowest BCUT2D eigenvalue weighted by Gasteiger charge is -2.38. The van der Waals surface area contributed by atoms with Gasteiger partial charge in [0.05, 0.1) is 6.20 Å². The molecule has 2 aliphatic heterocycles. The predicted octanol–water partition coefficient (Wildman–Crippen LogP) is 3.03. The van der Waals surface area contributed by atoms with Crippen molar-refractivity contribution in [3.8, 4) is 11.3 Å². The summed E-state index contributed by atoms with van der Waals surface area (Å²) in [6.45, 7) is 3.78. The largest absolute Gasteiger partial charge is 0.381 e. The summed E-state index contributed by atoms with van der Waals surface area (Å²) in [4.78, 5) is 20.1. The molecule has 0 N–H and O–H groups in total. The molecule has 0 amide bonds. The zero-order valence-corrected chi connectivity index (χ0v) is 18.0. The molecule has 0 unspecified atom stereocenters. The maximum atomic E-state index is 13.0. The molecule has 5 rings (SSSR count). The van der Waals surface area contributed by atoms with E-state index in [1.165, 1.54) is 0 Å². The molecule has 0 radical (unpaired) electrons. The molecule has 7 heteroatoms. The highest BCUT2D eigenvalue weighted by molar-refractivity contribution is 5.88. The van der Waals surface area contributed by atoms with Gasteiger partial charge in [0.15, 0.2) is 0 Å². The van der Waals surface area contributed by atoms with Crippen molar-refractivity contribution in [2.45, 2.75) is 38.1 Å². The number of benzene rings is 1. The first-order chi connectivity index (χ1) is 15.2. The third kappa shape index (κ3) is 4.52. The summed E-state index contributed by atoms with van der Waals surface area (Å²) in [5, 5.41) is 10.4. The van der Waals surface area contributed by atoms with Crippen molar-refractivity contribution in [3.63, 3.8) is 0 Å². The Labute approximate surface area is 182 Å². The summed E-state index contributed by atoms with van der Waals surface area (Å²) in [5.74, 6) is 0.475. The highest BCUT2D eigenvalue weighted by atomic mass is 16.5. The van der Waals surface area contributed by atoms with Gasteiger partial charge in [0.2, 0.25) is 0 Å². The van der Waals surface area contributed by atoms with Crippen LogP contribution in [0.25, 0.3) is 22.0 Å². The molecular weight excluding hydrogens is 390 g/mol. The molecular formula is C24H29N5O2. The van der Waals surface area contributed by atoms with Gasteiger partial charge in [0.1, 0.15) is 11.5 Å². The number of nitrogens with zero attached hydrogens (tertiary/aromatic N) is 5. The van der Waals surface area contributed by atoms with Gasteiger partial charge in [-0.05, 0) is 56.3 Å². The zero-order valence-electron chi connectivity index (χ0n) is 18.0. The summed E-state index contributed by atoms with van der Waals surface area (Å²) >= 11 is 0. The molecule has 1 aromatic carbocycles. The van der Waals surface area contributed by atoms with E-state index >= 15 is 0 Å². The molecule has 0 bridgehead atoms. The van der Waals surface area contributed by atoms with Gasteiger partial charge in [0, 0.05) is 61.5 Å².